The predicted octanol–water partition coefficient (Wildman–Crippen LogP) is 7.24. The number of nitrogens with zero attached hydrogens (tertiary/aromatic N) is 4. The van der Waals surface area contributed by atoms with Crippen LogP contribution in [-0.2, 0) is 35.2 Å². The Hall–Kier alpha value is -4.39. The van der Waals surface area contributed by atoms with Crippen molar-refractivity contribution in [3.05, 3.63) is 40.4 Å². The summed E-state index contributed by atoms with van der Waals surface area (Å²) in [5, 5.41) is 9.51. The fourth-order valence-corrected chi connectivity index (χ4v) is 10.0. The Morgan fingerprint density at radius 1 is 0.957 bits per heavy atom. The summed E-state index contributed by atoms with van der Waals surface area (Å²) in [6.07, 6.45) is -3.34. The number of carbonyl (C=O) groups is 6. The highest BCUT2D eigenvalue weighted by Crippen LogP contribution is 2.36. The molecule has 13 nitrogen and oxygen atoms in total. The van der Waals surface area contributed by atoms with Gasteiger partial charge in [0, 0.05) is 89.7 Å². The van der Waals surface area contributed by atoms with Crippen LogP contribution >= 0.6 is 11.6 Å². The molecule has 1 aromatic carbocycles. The molecule has 70 heavy (non-hydrogen) atoms. The number of carbonyl (C=O) groups excluding carboxylic acids is 6. The molecule has 392 valence electrons. The zero-order valence-corrected chi connectivity index (χ0v) is 41.9. The molecular formula is C50H72ClF6N7O6. The minimum absolute atomic E-state index is 0.00337. The van der Waals surface area contributed by atoms with Crippen LogP contribution in [0.3, 0.4) is 0 Å². The van der Waals surface area contributed by atoms with Gasteiger partial charge in [-0.1, -0.05) is 63.3 Å². The molecule has 1 aromatic rings. The number of rotatable bonds is 16. The van der Waals surface area contributed by atoms with Gasteiger partial charge < -0.3 is 30.7 Å². The van der Waals surface area contributed by atoms with Gasteiger partial charge in [0.25, 0.3) is 0 Å². The molecule has 2 saturated heterocycles. The van der Waals surface area contributed by atoms with Gasteiger partial charge in [0.2, 0.25) is 41.4 Å². The van der Waals surface area contributed by atoms with Crippen LogP contribution in [0, 0.1) is 11.8 Å². The number of alkyl halides is 6. The average molecular weight is 1020 g/mol. The largest absolute Gasteiger partial charge is 0.389 e. The Bertz CT molecular complexity index is 2040. The Morgan fingerprint density at radius 3 is 2.30 bits per heavy atom. The zero-order valence-electron chi connectivity index (χ0n) is 41.2. The summed E-state index contributed by atoms with van der Waals surface area (Å²) in [5.41, 5.74) is 2.63. The molecule has 0 bridgehead atoms. The van der Waals surface area contributed by atoms with Crippen molar-refractivity contribution in [1.82, 2.24) is 35.6 Å². The van der Waals surface area contributed by atoms with Crippen molar-refractivity contribution < 1.29 is 55.1 Å². The second-order valence-electron chi connectivity index (χ2n) is 20.2. The fraction of sp³-hybridized carbons (Fsp3) is 0.720. The molecule has 6 atom stereocenters. The standard InChI is InChI=1S/C50H72ClF6N7O6/c1-31(2)25-39-48(70)62(5)42(27-35-26-36(51)14-15-38(35)33-17-23-63(24-18-33)32(3)65)45(67)58-22-10-8-6-7-9-11-41(46(68)59-39)61(4)30-40(34-12-13-34)60-47(69)43-28-37(52)29-64(43)44(66)16-19-49(53,54)20-21-50(55,56)57/h14-15,17,26,31,34,37,39-43H,6-13,16,18-25,27-30H2,1-5H3,(H,58,67)(H,59,68)(H,60,69)/t37-,39+,40-,41+,42+,43+/m1/s1. The summed E-state index contributed by atoms with van der Waals surface area (Å²) in [6.45, 7) is 6.42. The fourth-order valence-electron chi connectivity index (χ4n) is 9.81. The van der Waals surface area contributed by atoms with Gasteiger partial charge in [-0.2, -0.15) is 13.2 Å². The van der Waals surface area contributed by atoms with Gasteiger partial charge in [-0.3, -0.25) is 33.7 Å². The maximum atomic E-state index is 14.8. The molecule has 0 radical (unpaired) electrons. The second-order valence-corrected chi connectivity index (χ2v) is 20.7. The van der Waals surface area contributed by atoms with Crippen molar-refractivity contribution in [1.29, 1.82) is 0 Å². The summed E-state index contributed by atoms with van der Waals surface area (Å²) >= 11 is 6.55. The Kier molecular flexibility index (Phi) is 20.4. The number of amides is 6. The third-order valence-electron chi connectivity index (χ3n) is 14.1. The van der Waals surface area contributed by atoms with Crippen LogP contribution < -0.4 is 16.0 Å². The van der Waals surface area contributed by atoms with Crippen LogP contribution in [0.25, 0.3) is 5.57 Å². The first kappa shape index (κ1) is 56.5. The van der Waals surface area contributed by atoms with Crippen molar-refractivity contribution in [3.63, 3.8) is 0 Å². The molecule has 0 spiro atoms. The van der Waals surface area contributed by atoms with Crippen LogP contribution in [0.2, 0.25) is 5.02 Å². The van der Waals surface area contributed by atoms with Crippen LogP contribution in [0.1, 0.15) is 128 Å². The second kappa shape index (κ2) is 25.3. The van der Waals surface area contributed by atoms with Gasteiger partial charge >= 0.3 is 6.18 Å². The van der Waals surface area contributed by atoms with E-state index in [-0.39, 0.29) is 49.5 Å². The first-order valence-corrected chi connectivity index (χ1v) is 25.3. The molecule has 3 fully saturated rings. The monoisotopic (exact) mass is 1020 g/mol. The molecule has 3 aliphatic heterocycles. The van der Waals surface area contributed by atoms with Crippen molar-refractivity contribution in [2.45, 2.75) is 172 Å². The normalized spacial score (nSPS) is 24.4. The molecule has 1 aliphatic carbocycles. The van der Waals surface area contributed by atoms with Crippen molar-refractivity contribution >= 4 is 52.6 Å². The lowest BCUT2D eigenvalue weighted by Gasteiger charge is -2.35. The number of nitrogens with one attached hydrogen (secondary N) is 3. The van der Waals surface area contributed by atoms with E-state index in [2.05, 4.69) is 16.0 Å². The van der Waals surface area contributed by atoms with Crippen molar-refractivity contribution in [2.24, 2.45) is 11.8 Å². The number of hydrogen-bond acceptors (Lipinski definition) is 7. The van der Waals surface area contributed by atoms with Crippen molar-refractivity contribution in [2.75, 3.05) is 46.8 Å². The van der Waals surface area contributed by atoms with Gasteiger partial charge in [-0.15, -0.1) is 0 Å². The Balaban J connectivity index is 1.33. The Morgan fingerprint density at radius 2 is 1.66 bits per heavy atom. The molecule has 5 rings (SSSR count). The van der Waals surface area contributed by atoms with E-state index in [4.69, 9.17) is 11.6 Å². The lowest BCUT2D eigenvalue weighted by molar-refractivity contribution is -0.154. The molecule has 6 amide bonds. The van der Waals surface area contributed by atoms with E-state index >= 15 is 0 Å². The highest BCUT2D eigenvalue weighted by molar-refractivity contribution is 6.30. The smallest absolute Gasteiger partial charge is 0.354 e. The van der Waals surface area contributed by atoms with Crippen molar-refractivity contribution in [3.8, 4) is 0 Å². The van der Waals surface area contributed by atoms with E-state index in [9.17, 15) is 55.1 Å². The van der Waals surface area contributed by atoms with Crippen LogP contribution in [-0.4, -0.2) is 150 Å². The zero-order chi connectivity index (χ0) is 51.5. The molecule has 3 heterocycles. The van der Waals surface area contributed by atoms with Gasteiger partial charge in [0.15, 0.2) is 0 Å². The van der Waals surface area contributed by atoms with Gasteiger partial charge in [0.05, 0.1) is 12.6 Å². The topological polar surface area (TPSA) is 151 Å². The molecule has 20 heteroatoms. The predicted molar refractivity (Wildman–Crippen MR) is 254 cm³/mol. The SMILES string of the molecule is CC(=O)N1CC=C(c2ccc(Cl)cc2C[C@H]2C(=O)NCCCCCCC[C@H](N(C)C[C@@H](NC(=O)[C@@H]3C[C@@H](F)CN3C(=O)CCC(F)(F)CCC(F)(F)F)C3CC3)C(=O)N[C@@H](CC(C)C)C(=O)N2C)CC1. The highest BCUT2D eigenvalue weighted by atomic mass is 35.5. The van der Waals surface area contributed by atoms with E-state index in [0.717, 1.165) is 53.7 Å². The maximum absolute atomic E-state index is 14.8. The number of likely N-dealkylation sites (N-methyl/N-ethyl adjacent to an activating group) is 2. The van der Waals surface area contributed by atoms with E-state index in [1.54, 1.807) is 31.1 Å². The molecule has 3 N–H and O–H groups in total. The quantitative estimate of drug-likeness (QED) is 0.148. The number of hydrogen-bond donors (Lipinski definition) is 3. The molecule has 1 saturated carbocycles. The third kappa shape index (κ3) is 16.9. The van der Waals surface area contributed by atoms with E-state index in [0.29, 0.717) is 50.3 Å². The van der Waals surface area contributed by atoms with E-state index in [1.165, 1.54) is 11.8 Å². The molecule has 0 aromatic heterocycles. The molecule has 0 unspecified atom stereocenters. The summed E-state index contributed by atoms with van der Waals surface area (Å²) in [7, 11) is 3.31. The average Bonchev–Trinajstić information content (AvgIpc) is 4.07. The van der Waals surface area contributed by atoms with Crippen LogP contribution in [0.15, 0.2) is 24.3 Å². The van der Waals surface area contributed by atoms with Gasteiger partial charge in [0.1, 0.15) is 24.3 Å². The first-order valence-electron chi connectivity index (χ1n) is 24.9. The van der Waals surface area contributed by atoms with Crippen LogP contribution in [0.4, 0.5) is 26.3 Å². The minimum Gasteiger partial charge on any atom is -0.354 e. The minimum atomic E-state index is -4.80. The number of halogens is 7. The maximum Gasteiger partial charge on any atom is 0.389 e. The summed E-state index contributed by atoms with van der Waals surface area (Å²) in [5.74, 6) is -6.71. The van der Waals surface area contributed by atoms with Crippen LogP contribution in [0.5, 0.6) is 0 Å². The Labute approximate surface area is 413 Å². The van der Waals surface area contributed by atoms with E-state index in [1.807, 2.05) is 30.9 Å². The van der Waals surface area contributed by atoms with Gasteiger partial charge in [-0.05, 0) is 86.2 Å². The number of likely N-dealkylation sites (tertiary alicyclic amines) is 1. The summed E-state index contributed by atoms with van der Waals surface area (Å²) in [4.78, 5) is 88.4. The third-order valence-corrected chi connectivity index (χ3v) is 14.3. The lowest BCUT2D eigenvalue weighted by atomic mass is 9.90. The van der Waals surface area contributed by atoms with E-state index < -0.39 is 104 Å². The van der Waals surface area contributed by atoms with Gasteiger partial charge in [-0.25, -0.2) is 13.2 Å². The number of benzene rings is 1. The summed E-state index contributed by atoms with van der Waals surface area (Å²) in [6, 6.07) is 0.857. The lowest BCUT2D eigenvalue weighted by Crippen LogP contribution is -2.58. The first-order chi connectivity index (χ1) is 32.9. The molecular weight excluding hydrogens is 944 g/mol. The highest BCUT2D eigenvalue weighted by Gasteiger charge is 2.44. The summed E-state index contributed by atoms with van der Waals surface area (Å²) < 4.78 is 81.3. The molecule has 4 aliphatic rings.